The molecule has 0 aliphatic carbocycles. The molecule has 0 saturated heterocycles. The van der Waals surface area contributed by atoms with Gasteiger partial charge >= 0.3 is 0 Å². The van der Waals surface area contributed by atoms with Gasteiger partial charge in [-0.15, -0.1) is 0 Å². The van der Waals surface area contributed by atoms with Crippen LogP contribution in [0, 0.1) is 20.2 Å². The molecule has 0 saturated carbocycles. The van der Waals surface area contributed by atoms with Crippen molar-refractivity contribution < 1.29 is 14.6 Å². The minimum Gasteiger partial charge on any atom is -0.489 e. The molecule has 22 heavy (non-hydrogen) atoms. The first-order valence-corrected chi connectivity index (χ1v) is 6.32. The lowest BCUT2D eigenvalue weighted by Crippen LogP contribution is -1.96. The maximum atomic E-state index is 10.7. The number of hydrogen-bond acceptors (Lipinski definition) is 5. The Hall–Kier alpha value is -3.22. The Labute approximate surface area is 125 Å². The zero-order valence-corrected chi connectivity index (χ0v) is 11.4. The molecule has 2 aromatic carbocycles. The second-order valence-corrected chi connectivity index (χ2v) is 4.39. The van der Waals surface area contributed by atoms with E-state index in [1.54, 1.807) is 36.4 Å². The molecule has 7 nitrogen and oxygen atoms in total. The monoisotopic (exact) mass is 300 g/mol. The van der Waals surface area contributed by atoms with Crippen molar-refractivity contribution in [3.05, 3.63) is 86.1 Å². The summed E-state index contributed by atoms with van der Waals surface area (Å²) in [6.45, 7) is 0.200. The third kappa shape index (κ3) is 4.41. The summed E-state index contributed by atoms with van der Waals surface area (Å²) in [5, 5.41) is 20.9. The number of hydrogen-bond donors (Lipinski definition) is 0. The Morgan fingerprint density at radius 3 is 2.41 bits per heavy atom. The van der Waals surface area contributed by atoms with E-state index in [1.807, 2.05) is 0 Å². The predicted octanol–water partition coefficient (Wildman–Crippen LogP) is 3.42. The largest absolute Gasteiger partial charge is 0.489 e. The van der Waals surface area contributed by atoms with Crippen molar-refractivity contribution in [1.29, 1.82) is 0 Å². The molecule has 0 atom stereocenters. The minimum absolute atomic E-state index is 0.0152. The van der Waals surface area contributed by atoms with Crippen LogP contribution in [0.3, 0.4) is 0 Å². The third-order valence-electron chi connectivity index (χ3n) is 2.80. The van der Waals surface area contributed by atoms with Crippen LogP contribution in [0.4, 0.5) is 5.69 Å². The summed E-state index contributed by atoms with van der Waals surface area (Å²) in [5.41, 5.74) is 1.38. The Bertz CT molecular complexity index is 710. The second-order valence-electron chi connectivity index (χ2n) is 4.39. The van der Waals surface area contributed by atoms with Crippen LogP contribution >= 0.6 is 0 Å². The van der Waals surface area contributed by atoms with Crippen LogP contribution in [0.25, 0.3) is 6.08 Å². The first-order chi connectivity index (χ1) is 10.5. The number of benzene rings is 2. The van der Waals surface area contributed by atoms with Gasteiger partial charge in [-0.1, -0.05) is 24.3 Å². The Morgan fingerprint density at radius 2 is 1.77 bits per heavy atom. The molecular weight excluding hydrogens is 288 g/mol. The lowest BCUT2D eigenvalue weighted by atomic mass is 10.2. The number of ether oxygens (including phenoxy) is 1. The normalized spacial score (nSPS) is 10.5. The van der Waals surface area contributed by atoms with Crippen LogP contribution in [-0.4, -0.2) is 9.85 Å². The predicted molar refractivity (Wildman–Crippen MR) is 79.9 cm³/mol. The highest BCUT2D eigenvalue weighted by Gasteiger charge is 2.05. The first kappa shape index (κ1) is 15.2. The molecule has 7 heteroatoms. The van der Waals surface area contributed by atoms with Gasteiger partial charge in [-0.05, 0) is 23.3 Å². The summed E-state index contributed by atoms with van der Waals surface area (Å²) >= 11 is 0. The highest BCUT2D eigenvalue weighted by Crippen LogP contribution is 2.17. The van der Waals surface area contributed by atoms with Crippen LogP contribution in [-0.2, 0) is 6.61 Å². The summed E-state index contributed by atoms with van der Waals surface area (Å²) in [6, 6.07) is 12.9. The second kappa shape index (κ2) is 6.98. The van der Waals surface area contributed by atoms with Crippen LogP contribution in [0.2, 0.25) is 0 Å². The summed E-state index contributed by atoms with van der Waals surface area (Å²) in [5.74, 6) is 0.574. The van der Waals surface area contributed by atoms with E-state index in [0.29, 0.717) is 16.9 Å². The van der Waals surface area contributed by atoms with Gasteiger partial charge in [0.25, 0.3) is 5.69 Å². The molecule has 0 unspecified atom stereocenters. The minimum atomic E-state index is -0.535. The molecule has 112 valence electrons. The van der Waals surface area contributed by atoms with Gasteiger partial charge in [0.05, 0.1) is 9.85 Å². The molecule has 0 aliphatic heterocycles. The zero-order valence-electron chi connectivity index (χ0n) is 11.4. The van der Waals surface area contributed by atoms with E-state index in [9.17, 15) is 20.2 Å². The smallest absolute Gasteiger partial charge is 0.269 e. The molecule has 0 spiro atoms. The van der Waals surface area contributed by atoms with Crippen molar-refractivity contribution in [2.45, 2.75) is 6.61 Å². The van der Waals surface area contributed by atoms with E-state index in [1.165, 1.54) is 18.2 Å². The average Bonchev–Trinajstić information content (AvgIpc) is 2.52. The summed E-state index contributed by atoms with van der Waals surface area (Å²) < 4.78 is 5.53. The fraction of sp³-hybridized carbons (Fsp3) is 0.0667. The first-order valence-electron chi connectivity index (χ1n) is 6.32. The Kier molecular flexibility index (Phi) is 4.81. The number of non-ortho nitro benzene ring substituents is 1. The van der Waals surface area contributed by atoms with Crippen molar-refractivity contribution in [2.24, 2.45) is 0 Å². The molecule has 0 fully saturated rings. The third-order valence-corrected chi connectivity index (χ3v) is 2.80. The number of nitro groups is 2. The lowest BCUT2D eigenvalue weighted by molar-refractivity contribution is -0.400. The summed E-state index contributed by atoms with van der Waals surface area (Å²) in [4.78, 5) is 19.9. The Balaban J connectivity index is 1.98. The standard InChI is InChI=1S/C15H12N2O5/c18-16(19)9-8-12-4-6-15(7-5-12)22-11-13-2-1-3-14(10-13)17(20)21/h1-10H,11H2. The SMILES string of the molecule is O=[N+]([O-])C=Cc1ccc(OCc2cccc([N+](=O)[O-])c2)cc1. The van der Waals surface area contributed by atoms with Crippen LogP contribution in [0.1, 0.15) is 11.1 Å². The molecule has 0 aromatic heterocycles. The van der Waals surface area contributed by atoms with E-state index in [2.05, 4.69) is 0 Å². The zero-order chi connectivity index (χ0) is 15.9. The van der Waals surface area contributed by atoms with Gasteiger partial charge in [0.2, 0.25) is 6.20 Å². The van der Waals surface area contributed by atoms with E-state index >= 15 is 0 Å². The highest BCUT2D eigenvalue weighted by atomic mass is 16.6. The molecular formula is C15H12N2O5. The highest BCUT2D eigenvalue weighted by molar-refractivity contribution is 5.49. The number of nitro benzene ring substituents is 1. The quantitative estimate of drug-likeness (QED) is 0.601. The van der Waals surface area contributed by atoms with E-state index < -0.39 is 9.85 Å². The van der Waals surface area contributed by atoms with E-state index in [-0.39, 0.29) is 12.3 Å². The maximum absolute atomic E-state index is 10.7. The van der Waals surface area contributed by atoms with Gasteiger partial charge < -0.3 is 4.74 Å². The van der Waals surface area contributed by atoms with Gasteiger partial charge in [-0.25, -0.2) is 0 Å². The van der Waals surface area contributed by atoms with Crippen LogP contribution < -0.4 is 4.74 Å². The fourth-order valence-electron chi connectivity index (χ4n) is 1.75. The molecule has 0 heterocycles. The number of rotatable bonds is 6. The molecule has 0 radical (unpaired) electrons. The van der Waals surface area contributed by atoms with Crippen molar-refractivity contribution in [3.63, 3.8) is 0 Å². The Morgan fingerprint density at radius 1 is 1.05 bits per heavy atom. The molecule has 2 rings (SSSR count). The van der Waals surface area contributed by atoms with Gasteiger partial charge in [0, 0.05) is 18.2 Å². The molecule has 0 bridgehead atoms. The van der Waals surface area contributed by atoms with Crippen molar-refractivity contribution >= 4 is 11.8 Å². The molecule has 0 N–H and O–H groups in total. The van der Waals surface area contributed by atoms with E-state index in [0.717, 1.165) is 6.20 Å². The van der Waals surface area contributed by atoms with Crippen LogP contribution in [0.15, 0.2) is 54.7 Å². The van der Waals surface area contributed by atoms with Crippen molar-refractivity contribution in [1.82, 2.24) is 0 Å². The van der Waals surface area contributed by atoms with Gasteiger partial charge in [-0.3, -0.25) is 20.2 Å². The van der Waals surface area contributed by atoms with Gasteiger partial charge in [0.15, 0.2) is 0 Å². The fourth-order valence-corrected chi connectivity index (χ4v) is 1.75. The lowest BCUT2D eigenvalue weighted by Gasteiger charge is -2.06. The topological polar surface area (TPSA) is 95.5 Å². The van der Waals surface area contributed by atoms with Crippen molar-refractivity contribution in [2.75, 3.05) is 0 Å². The molecule has 0 aliphatic rings. The van der Waals surface area contributed by atoms with Crippen molar-refractivity contribution in [3.8, 4) is 5.75 Å². The van der Waals surface area contributed by atoms with Gasteiger partial charge in [0.1, 0.15) is 12.4 Å². The summed E-state index contributed by atoms with van der Waals surface area (Å²) in [6.07, 6.45) is 2.24. The van der Waals surface area contributed by atoms with Crippen LogP contribution in [0.5, 0.6) is 5.75 Å². The number of nitrogens with zero attached hydrogens (tertiary/aromatic N) is 2. The van der Waals surface area contributed by atoms with E-state index in [4.69, 9.17) is 4.74 Å². The molecule has 0 amide bonds. The molecule has 2 aromatic rings. The van der Waals surface area contributed by atoms with Gasteiger partial charge in [-0.2, -0.15) is 0 Å². The maximum Gasteiger partial charge on any atom is 0.269 e. The summed E-state index contributed by atoms with van der Waals surface area (Å²) in [7, 11) is 0. The average molecular weight is 300 g/mol.